The van der Waals surface area contributed by atoms with Gasteiger partial charge in [-0.05, 0) is 50.5 Å². The molecular weight excluding hydrogens is 460 g/mol. The number of nitrogens with zero attached hydrogens (tertiary/aromatic N) is 3. The molecule has 1 aliphatic heterocycles. The van der Waals surface area contributed by atoms with Gasteiger partial charge in [-0.25, -0.2) is 8.42 Å². The van der Waals surface area contributed by atoms with E-state index in [1.54, 1.807) is 0 Å². The van der Waals surface area contributed by atoms with Gasteiger partial charge in [0.2, 0.25) is 15.0 Å². The molecule has 2 heterocycles. The van der Waals surface area contributed by atoms with E-state index in [0.717, 1.165) is 12.0 Å². The van der Waals surface area contributed by atoms with Crippen LogP contribution in [0.1, 0.15) is 56.4 Å². The van der Waals surface area contributed by atoms with E-state index in [-0.39, 0.29) is 34.1 Å². The molecule has 1 amide bonds. The Labute approximate surface area is 196 Å². The van der Waals surface area contributed by atoms with Gasteiger partial charge >= 0.3 is 0 Å². The second-order valence-electron chi connectivity index (χ2n) is 8.00. The maximum Gasteiger partial charge on any atom is 0.286 e. The van der Waals surface area contributed by atoms with Crippen LogP contribution in [0.15, 0.2) is 53.4 Å². The van der Waals surface area contributed by atoms with Crippen LogP contribution in [0.5, 0.6) is 0 Å². The molecule has 8 nitrogen and oxygen atoms in total. The number of rotatable bonds is 6. The SMILES string of the molecule is CC(=O)c1ccc(S(=O)(=O)N2CCC[C@H](c3nnc(C(=O)Nc4ccccc4C)s3)C2)cc1. The van der Waals surface area contributed by atoms with E-state index in [1.165, 1.54) is 46.8 Å². The van der Waals surface area contributed by atoms with E-state index in [4.69, 9.17) is 0 Å². The van der Waals surface area contributed by atoms with Gasteiger partial charge in [0.1, 0.15) is 5.01 Å². The van der Waals surface area contributed by atoms with Crippen LogP contribution >= 0.6 is 11.3 Å². The summed E-state index contributed by atoms with van der Waals surface area (Å²) in [6, 6.07) is 13.5. The number of hydrogen-bond donors (Lipinski definition) is 1. The predicted molar refractivity (Wildman–Crippen MR) is 126 cm³/mol. The van der Waals surface area contributed by atoms with E-state index in [2.05, 4.69) is 15.5 Å². The molecule has 1 aromatic heterocycles. The van der Waals surface area contributed by atoms with Crippen LogP contribution < -0.4 is 5.32 Å². The van der Waals surface area contributed by atoms with Crippen molar-refractivity contribution in [1.29, 1.82) is 0 Å². The van der Waals surface area contributed by atoms with Gasteiger partial charge in [-0.3, -0.25) is 9.59 Å². The van der Waals surface area contributed by atoms with Crippen molar-refractivity contribution in [2.45, 2.75) is 37.5 Å². The number of benzene rings is 2. The first-order valence-corrected chi connectivity index (χ1v) is 12.8. The van der Waals surface area contributed by atoms with Crippen LogP contribution in [0.25, 0.3) is 0 Å². The number of Topliss-reactive ketones (excluding diaryl/α,β-unsaturated/α-hetero) is 1. The van der Waals surface area contributed by atoms with Gasteiger partial charge in [-0.15, -0.1) is 10.2 Å². The molecule has 33 heavy (non-hydrogen) atoms. The maximum atomic E-state index is 13.1. The summed E-state index contributed by atoms with van der Waals surface area (Å²) >= 11 is 1.19. The van der Waals surface area contributed by atoms with Crippen molar-refractivity contribution in [3.05, 3.63) is 69.7 Å². The minimum absolute atomic E-state index is 0.115. The van der Waals surface area contributed by atoms with Gasteiger partial charge in [0.25, 0.3) is 5.91 Å². The summed E-state index contributed by atoms with van der Waals surface area (Å²) in [5.74, 6) is -0.586. The number of hydrogen-bond acceptors (Lipinski definition) is 7. The minimum atomic E-state index is -3.70. The fraction of sp³-hybridized carbons (Fsp3) is 0.304. The number of nitrogens with one attached hydrogen (secondary N) is 1. The smallest absolute Gasteiger partial charge is 0.286 e. The Morgan fingerprint density at radius 3 is 2.52 bits per heavy atom. The average Bonchev–Trinajstić information content (AvgIpc) is 3.31. The van der Waals surface area contributed by atoms with Gasteiger partial charge in [0.15, 0.2) is 5.78 Å². The third-order valence-corrected chi connectivity index (χ3v) is 8.62. The molecule has 1 atom stereocenters. The Bertz CT molecular complexity index is 1290. The zero-order valence-corrected chi connectivity index (χ0v) is 19.9. The lowest BCUT2D eigenvalue weighted by atomic mass is 10.0. The molecule has 1 saturated heterocycles. The number of sulfonamides is 1. The average molecular weight is 485 g/mol. The highest BCUT2D eigenvalue weighted by molar-refractivity contribution is 7.89. The number of aromatic nitrogens is 2. The summed E-state index contributed by atoms with van der Waals surface area (Å²) in [5.41, 5.74) is 2.13. The maximum absolute atomic E-state index is 13.1. The van der Waals surface area contributed by atoms with Crippen molar-refractivity contribution >= 4 is 38.7 Å². The number of ketones is 1. The van der Waals surface area contributed by atoms with Crippen molar-refractivity contribution in [3.8, 4) is 0 Å². The molecule has 0 unspecified atom stereocenters. The Balaban J connectivity index is 1.47. The number of para-hydroxylation sites is 1. The topological polar surface area (TPSA) is 109 Å². The first-order valence-electron chi connectivity index (χ1n) is 10.6. The normalized spacial score (nSPS) is 17.0. The fourth-order valence-corrected chi connectivity index (χ4v) is 6.14. The molecule has 0 spiro atoms. The van der Waals surface area contributed by atoms with Gasteiger partial charge < -0.3 is 5.32 Å². The summed E-state index contributed by atoms with van der Waals surface area (Å²) in [5, 5.41) is 12.0. The van der Waals surface area contributed by atoms with Crippen molar-refractivity contribution in [2.24, 2.45) is 0 Å². The van der Waals surface area contributed by atoms with Crippen LogP contribution in [0.2, 0.25) is 0 Å². The van der Waals surface area contributed by atoms with Gasteiger partial charge in [-0.1, -0.05) is 41.7 Å². The van der Waals surface area contributed by atoms with E-state index in [9.17, 15) is 18.0 Å². The third-order valence-electron chi connectivity index (χ3n) is 5.66. The number of anilines is 1. The van der Waals surface area contributed by atoms with Crippen molar-refractivity contribution in [3.63, 3.8) is 0 Å². The Morgan fingerprint density at radius 2 is 1.82 bits per heavy atom. The Morgan fingerprint density at radius 1 is 1.09 bits per heavy atom. The fourth-order valence-electron chi connectivity index (χ4n) is 3.75. The zero-order chi connectivity index (χ0) is 23.6. The summed E-state index contributed by atoms with van der Waals surface area (Å²) < 4.78 is 27.7. The zero-order valence-electron chi connectivity index (χ0n) is 18.3. The first kappa shape index (κ1) is 23.2. The van der Waals surface area contributed by atoms with Crippen LogP contribution in [-0.4, -0.2) is 47.7 Å². The molecule has 172 valence electrons. The van der Waals surface area contributed by atoms with Crippen molar-refractivity contribution in [1.82, 2.24) is 14.5 Å². The molecular formula is C23H24N4O4S2. The summed E-state index contributed by atoms with van der Waals surface area (Å²) in [6.45, 7) is 4.03. The first-order chi connectivity index (χ1) is 15.8. The number of aryl methyl sites for hydroxylation is 1. The molecule has 0 aliphatic carbocycles. The molecule has 1 fully saturated rings. The standard InChI is InChI=1S/C23H24N4O4S2/c1-15-6-3-4-8-20(15)24-21(29)23-26-25-22(32-23)18-7-5-13-27(14-18)33(30,31)19-11-9-17(10-12-19)16(2)28/h3-4,6,8-12,18H,5,7,13-14H2,1-2H3,(H,24,29)/t18-/m0/s1. The minimum Gasteiger partial charge on any atom is -0.320 e. The third kappa shape index (κ3) is 5.02. The molecule has 2 aromatic carbocycles. The van der Waals surface area contributed by atoms with E-state index in [0.29, 0.717) is 29.2 Å². The molecule has 0 saturated carbocycles. The summed E-state index contributed by atoms with van der Waals surface area (Å²) in [7, 11) is -3.70. The van der Waals surface area contributed by atoms with Crippen LogP contribution in [-0.2, 0) is 10.0 Å². The lowest BCUT2D eigenvalue weighted by Crippen LogP contribution is -2.39. The quantitative estimate of drug-likeness (QED) is 0.532. The lowest BCUT2D eigenvalue weighted by molar-refractivity contribution is 0.101. The molecule has 3 aromatic rings. The van der Waals surface area contributed by atoms with Crippen molar-refractivity contribution < 1.29 is 18.0 Å². The highest BCUT2D eigenvalue weighted by atomic mass is 32.2. The summed E-state index contributed by atoms with van der Waals surface area (Å²) in [4.78, 5) is 24.2. The highest BCUT2D eigenvalue weighted by Crippen LogP contribution is 2.32. The molecule has 0 radical (unpaired) electrons. The van der Waals surface area contributed by atoms with E-state index < -0.39 is 10.0 Å². The highest BCUT2D eigenvalue weighted by Gasteiger charge is 2.33. The largest absolute Gasteiger partial charge is 0.320 e. The molecule has 1 N–H and O–H groups in total. The number of carbonyl (C=O) groups is 2. The van der Waals surface area contributed by atoms with E-state index in [1.807, 2.05) is 31.2 Å². The Hall–Kier alpha value is -2.95. The monoisotopic (exact) mass is 484 g/mol. The van der Waals surface area contributed by atoms with Crippen LogP contribution in [0.3, 0.4) is 0 Å². The van der Waals surface area contributed by atoms with E-state index >= 15 is 0 Å². The predicted octanol–water partition coefficient (Wildman–Crippen LogP) is 3.87. The second kappa shape index (κ2) is 9.50. The summed E-state index contributed by atoms with van der Waals surface area (Å²) in [6.07, 6.45) is 1.45. The number of piperidine rings is 1. The van der Waals surface area contributed by atoms with Crippen molar-refractivity contribution in [2.75, 3.05) is 18.4 Å². The second-order valence-corrected chi connectivity index (χ2v) is 10.9. The lowest BCUT2D eigenvalue weighted by Gasteiger charge is -2.30. The molecule has 4 rings (SSSR count). The van der Waals surface area contributed by atoms with Crippen LogP contribution in [0, 0.1) is 6.92 Å². The molecule has 0 bridgehead atoms. The molecule has 1 aliphatic rings. The number of amides is 1. The molecule has 10 heteroatoms. The van der Waals surface area contributed by atoms with Crippen LogP contribution in [0.4, 0.5) is 5.69 Å². The van der Waals surface area contributed by atoms with Gasteiger partial charge in [0, 0.05) is 30.3 Å². The number of carbonyl (C=O) groups excluding carboxylic acids is 2. The van der Waals surface area contributed by atoms with Gasteiger partial charge in [0.05, 0.1) is 4.90 Å². The Kier molecular flexibility index (Phi) is 6.68. The van der Waals surface area contributed by atoms with Gasteiger partial charge in [-0.2, -0.15) is 4.31 Å².